The Morgan fingerprint density at radius 3 is 2.62 bits per heavy atom. The van der Waals surface area contributed by atoms with E-state index in [-0.39, 0.29) is 29.1 Å². The number of alkyl halides is 3. The van der Waals surface area contributed by atoms with Gasteiger partial charge in [-0.2, -0.15) is 18.3 Å². The van der Waals surface area contributed by atoms with Crippen LogP contribution in [0.15, 0.2) is 61.1 Å². The van der Waals surface area contributed by atoms with E-state index in [1.807, 2.05) is 25.1 Å². The van der Waals surface area contributed by atoms with E-state index in [1.54, 1.807) is 27.8 Å². The van der Waals surface area contributed by atoms with Crippen molar-refractivity contribution < 1.29 is 22.8 Å². The van der Waals surface area contributed by atoms with Crippen LogP contribution in [0.1, 0.15) is 28.4 Å². The zero-order valence-corrected chi connectivity index (χ0v) is 22.8. The van der Waals surface area contributed by atoms with Gasteiger partial charge in [0.1, 0.15) is 23.7 Å². The van der Waals surface area contributed by atoms with Crippen LogP contribution in [0.5, 0.6) is 0 Å². The van der Waals surface area contributed by atoms with Crippen LogP contribution in [0.4, 0.5) is 24.8 Å². The number of aromatic nitrogens is 5. The highest BCUT2D eigenvalue weighted by molar-refractivity contribution is 6.04. The van der Waals surface area contributed by atoms with Crippen LogP contribution in [0.3, 0.4) is 0 Å². The predicted molar refractivity (Wildman–Crippen MR) is 150 cm³/mol. The number of nitrogen functional groups attached to an aromatic ring is 1. The monoisotopic (exact) mass is 579 g/mol. The maximum Gasteiger partial charge on any atom is 0.416 e. The minimum Gasteiger partial charge on any atom is -0.383 e. The Morgan fingerprint density at radius 2 is 1.90 bits per heavy atom. The molecule has 11 nitrogen and oxygen atoms in total. The Morgan fingerprint density at radius 1 is 1.14 bits per heavy atom. The molecule has 14 heteroatoms. The van der Waals surface area contributed by atoms with Crippen LogP contribution in [0.2, 0.25) is 0 Å². The number of benzene rings is 1. The largest absolute Gasteiger partial charge is 0.416 e. The first-order chi connectivity index (χ1) is 20.0. The van der Waals surface area contributed by atoms with Crippen molar-refractivity contribution in [3.05, 3.63) is 72.2 Å². The van der Waals surface area contributed by atoms with Crippen molar-refractivity contribution in [1.29, 1.82) is 0 Å². The molecule has 4 heterocycles. The molecular formula is C28H28F3N9O2. The molecule has 4 aromatic rings. The second-order valence-corrected chi connectivity index (χ2v) is 10.1. The van der Waals surface area contributed by atoms with Gasteiger partial charge in [-0.05, 0) is 44.8 Å². The number of likely N-dealkylation sites (N-methyl/N-ethyl adjacent to an activating group) is 1. The van der Waals surface area contributed by atoms with E-state index >= 15 is 0 Å². The van der Waals surface area contributed by atoms with Gasteiger partial charge in [0.15, 0.2) is 5.65 Å². The molecule has 1 aromatic carbocycles. The summed E-state index contributed by atoms with van der Waals surface area (Å²) in [6, 6.07) is 7.84. The first-order valence-electron chi connectivity index (χ1n) is 13.0. The van der Waals surface area contributed by atoms with Crippen molar-refractivity contribution in [2.75, 3.05) is 44.8 Å². The molecule has 5 rings (SSSR count). The maximum atomic E-state index is 13.0. The number of carbonyl (C=O) groups is 2. The minimum absolute atomic E-state index is 0.0700. The molecule has 1 fully saturated rings. The number of anilines is 2. The highest BCUT2D eigenvalue weighted by Gasteiger charge is 2.31. The number of pyridine rings is 1. The van der Waals surface area contributed by atoms with E-state index in [2.05, 4.69) is 20.3 Å². The number of fused-ring (bicyclic) bond motifs is 1. The van der Waals surface area contributed by atoms with Crippen molar-refractivity contribution in [3.63, 3.8) is 0 Å². The Bertz CT molecular complexity index is 1650. The summed E-state index contributed by atoms with van der Waals surface area (Å²) in [5.41, 5.74) is 7.19. The Labute approximate surface area is 238 Å². The predicted octanol–water partition coefficient (Wildman–Crippen LogP) is 3.63. The maximum absolute atomic E-state index is 13.0. The highest BCUT2D eigenvalue weighted by Crippen LogP contribution is 2.34. The zero-order chi connectivity index (χ0) is 30.0. The number of amides is 2. The number of hydrogen-bond donors (Lipinski definition) is 2. The fraction of sp³-hybridized carbons (Fsp3) is 0.286. The fourth-order valence-electron chi connectivity index (χ4n) is 4.71. The third kappa shape index (κ3) is 6.07. The first kappa shape index (κ1) is 28.7. The minimum atomic E-state index is -4.56. The number of halogens is 3. The smallest absolute Gasteiger partial charge is 0.383 e. The highest BCUT2D eigenvalue weighted by atomic mass is 19.4. The van der Waals surface area contributed by atoms with Gasteiger partial charge in [-0.3, -0.25) is 9.59 Å². The van der Waals surface area contributed by atoms with Crippen LogP contribution in [0.25, 0.3) is 22.3 Å². The molecular weight excluding hydrogens is 551 g/mol. The van der Waals surface area contributed by atoms with Crippen molar-refractivity contribution in [2.24, 2.45) is 0 Å². The van der Waals surface area contributed by atoms with Crippen LogP contribution in [0, 0.1) is 0 Å². The molecule has 0 aliphatic carbocycles. The summed E-state index contributed by atoms with van der Waals surface area (Å²) < 4.78 is 40.8. The molecule has 0 saturated carbocycles. The normalized spacial score (nSPS) is 15.7. The lowest BCUT2D eigenvalue weighted by atomic mass is 10.1. The lowest BCUT2D eigenvalue weighted by Gasteiger charge is -2.15. The van der Waals surface area contributed by atoms with Crippen molar-refractivity contribution in [3.8, 4) is 11.3 Å². The number of likely N-dealkylation sites (tertiary alicyclic amines) is 1. The number of nitrogens with one attached hydrogen (secondary N) is 1. The first-order valence-corrected chi connectivity index (χ1v) is 13.0. The molecule has 0 unspecified atom stereocenters. The van der Waals surface area contributed by atoms with Crippen LogP contribution >= 0.6 is 0 Å². The van der Waals surface area contributed by atoms with Crippen molar-refractivity contribution in [1.82, 2.24) is 34.5 Å². The number of nitrogens with zero attached hydrogens (tertiary/aromatic N) is 7. The summed E-state index contributed by atoms with van der Waals surface area (Å²) >= 11 is 0. The van der Waals surface area contributed by atoms with E-state index in [0.717, 1.165) is 18.3 Å². The zero-order valence-electron chi connectivity index (χ0n) is 22.8. The molecule has 42 heavy (non-hydrogen) atoms. The van der Waals surface area contributed by atoms with E-state index in [1.165, 1.54) is 18.5 Å². The molecule has 1 aliphatic rings. The lowest BCUT2D eigenvalue weighted by Crippen LogP contribution is -2.28. The van der Waals surface area contributed by atoms with Gasteiger partial charge < -0.3 is 20.9 Å². The molecule has 1 saturated heterocycles. The summed E-state index contributed by atoms with van der Waals surface area (Å²) in [5.74, 6) is -0.677. The Balaban J connectivity index is 1.37. The third-order valence-corrected chi connectivity index (χ3v) is 6.82. The van der Waals surface area contributed by atoms with Gasteiger partial charge in [0.25, 0.3) is 5.91 Å². The molecule has 218 valence electrons. The molecule has 2 amide bonds. The summed E-state index contributed by atoms with van der Waals surface area (Å²) in [5, 5.41) is 7.74. The topological polar surface area (TPSA) is 135 Å². The molecule has 0 radical (unpaired) electrons. The summed E-state index contributed by atoms with van der Waals surface area (Å²) in [4.78, 5) is 41.5. The summed E-state index contributed by atoms with van der Waals surface area (Å²) in [7, 11) is 3.85. The van der Waals surface area contributed by atoms with Gasteiger partial charge in [-0.15, -0.1) is 0 Å². The standard InChI is InChI=1S/C28H28F3N9O2/c1-38(2)12-3-4-22(41)39-13-10-20(15-39)40-26-23(25(32)34-16-35-26)24(37-40)17-5-7-18(8-6-17)27(42)36-21-14-19(9-11-33-21)28(29,30)31/h3-9,11,14,16,20H,10,12-13,15H2,1-2H3,(H2,32,34,35)(H,33,36,42)/b4-3+/t20-/m1/s1. The van der Waals surface area contributed by atoms with E-state index < -0.39 is 17.6 Å². The average molecular weight is 580 g/mol. The Kier molecular flexibility index (Phi) is 7.89. The van der Waals surface area contributed by atoms with Gasteiger partial charge in [0.2, 0.25) is 5.91 Å². The van der Waals surface area contributed by atoms with Gasteiger partial charge in [0.05, 0.1) is 17.0 Å². The second kappa shape index (κ2) is 11.6. The second-order valence-electron chi connectivity index (χ2n) is 10.1. The van der Waals surface area contributed by atoms with Crippen LogP contribution in [-0.2, 0) is 11.0 Å². The van der Waals surface area contributed by atoms with E-state index in [4.69, 9.17) is 10.8 Å². The number of carbonyl (C=O) groups excluding carboxylic acids is 2. The number of nitrogens with two attached hydrogens (primary N) is 1. The van der Waals surface area contributed by atoms with Gasteiger partial charge in [-0.1, -0.05) is 18.2 Å². The summed E-state index contributed by atoms with van der Waals surface area (Å²) in [6.07, 6.45) is 1.86. The van der Waals surface area contributed by atoms with Gasteiger partial charge in [-0.25, -0.2) is 19.6 Å². The van der Waals surface area contributed by atoms with Crippen molar-refractivity contribution in [2.45, 2.75) is 18.6 Å². The summed E-state index contributed by atoms with van der Waals surface area (Å²) in [6.45, 7) is 1.68. The quantitative estimate of drug-likeness (QED) is 0.317. The third-order valence-electron chi connectivity index (χ3n) is 6.82. The number of hydrogen-bond acceptors (Lipinski definition) is 8. The van der Waals surface area contributed by atoms with Crippen LogP contribution in [-0.4, -0.2) is 80.1 Å². The SMILES string of the molecule is CN(C)C/C=C/C(=O)N1CC[C@@H](n2nc(-c3ccc(C(=O)Nc4cc(C(F)(F)F)ccn4)cc3)c3c(N)ncnc32)C1. The van der Waals surface area contributed by atoms with Gasteiger partial charge in [0, 0.05) is 43.0 Å². The molecule has 1 aliphatic heterocycles. The molecule has 0 bridgehead atoms. The average Bonchev–Trinajstić information content (AvgIpc) is 3.59. The molecule has 0 spiro atoms. The van der Waals surface area contributed by atoms with E-state index in [0.29, 0.717) is 48.3 Å². The molecule has 1 atom stereocenters. The lowest BCUT2D eigenvalue weighted by molar-refractivity contribution is -0.137. The van der Waals surface area contributed by atoms with Crippen LogP contribution < -0.4 is 11.1 Å². The van der Waals surface area contributed by atoms with Gasteiger partial charge >= 0.3 is 6.18 Å². The Hall–Kier alpha value is -4.85. The van der Waals surface area contributed by atoms with E-state index in [9.17, 15) is 22.8 Å². The molecule has 3 N–H and O–H groups in total. The fourth-order valence-corrected chi connectivity index (χ4v) is 4.71. The molecule has 3 aromatic heterocycles. The number of rotatable bonds is 7. The van der Waals surface area contributed by atoms with Crippen molar-refractivity contribution >= 4 is 34.5 Å².